The molecular formula is C12H19NO. The van der Waals surface area contributed by atoms with Gasteiger partial charge < -0.3 is 10.5 Å². The van der Waals surface area contributed by atoms with Gasteiger partial charge in [0.05, 0.1) is 12.8 Å². The third kappa shape index (κ3) is 2.95. The molecule has 0 aliphatic carbocycles. The first-order valence-electron chi connectivity index (χ1n) is 4.85. The van der Waals surface area contributed by atoms with Crippen LogP contribution in [0, 0.1) is 5.41 Å². The second kappa shape index (κ2) is 3.91. The lowest BCUT2D eigenvalue weighted by Crippen LogP contribution is -2.09. The van der Waals surface area contributed by atoms with E-state index in [4.69, 9.17) is 10.5 Å². The average Bonchev–Trinajstić information content (AvgIpc) is 2.06. The highest BCUT2D eigenvalue weighted by atomic mass is 16.5. The molecule has 2 N–H and O–H groups in total. The van der Waals surface area contributed by atoms with Crippen molar-refractivity contribution in [1.82, 2.24) is 0 Å². The van der Waals surface area contributed by atoms with Gasteiger partial charge >= 0.3 is 0 Å². The quantitative estimate of drug-likeness (QED) is 0.733. The first-order chi connectivity index (χ1) is 6.42. The van der Waals surface area contributed by atoms with Crippen molar-refractivity contribution in [3.8, 4) is 5.75 Å². The van der Waals surface area contributed by atoms with Crippen LogP contribution in [-0.4, -0.2) is 7.11 Å². The Hall–Kier alpha value is -1.18. The van der Waals surface area contributed by atoms with Gasteiger partial charge in [-0.1, -0.05) is 26.8 Å². The van der Waals surface area contributed by atoms with E-state index in [1.165, 1.54) is 5.56 Å². The van der Waals surface area contributed by atoms with E-state index in [0.717, 1.165) is 12.2 Å². The molecule has 0 saturated heterocycles. The molecule has 1 aromatic rings. The number of ether oxygens (including phenoxy) is 1. The Balaban J connectivity index is 2.90. The van der Waals surface area contributed by atoms with Crippen LogP contribution in [0.3, 0.4) is 0 Å². The Labute approximate surface area is 86.1 Å². The highest BCUT2D eigenvalue weighted by Gasteiger charge is 2.12. The zero-order chi connectivity index (χ0) is 10.8. The number of nitrogens with two attached hydrogens (primary N) is 1. The summed E-state index contributed by atoms with van der Waals surface area (Å²) in [6.07, 6.45) is 1.03. The summed E-state index contributed by atoms with van der Waals surface area (Å²) < 4.78 is 5.18. The fourth-order valence-electron chi connectivity index (χ4n) is 1.48. The van der Waals surface area contributed by atoms with Gasteiger partial charge in [0.15, 0.2) is 0 Å². The number of benzene rings is 1. The Bertz CT molecular complexity index is 313. The first kappa shape index (κ1) is 10.9. The molecule has 0 unspecified atom stereocenters. The number of anilines is 1. The fraction of sp³-hybridized carbons (Fsp3) is 0.500. The lowest BCUT2D eigenvalue weighted by Gasteiger charge is -2.18. The maximum absolute atomic E-state index is 5.74. The SMILES string of the molecule is COc1cc(CC(C)(C)C)ccc1N. The summed E-state index contributed by atoms with van der Waals surface area (Å²) in [5, 5.41) is 0. The zero-order valence-electron chi connectivity index (χ0n) is 9.42. The number of rotatable bonds is 2. The highest BCUT2D eigenvalue weighted by Crippen LogP contribution is 2.26. The molecule has 0 spiro atoms. The topological polar surface area (TPSA) is 35.2 Å². The van der Waals surface area contributed by atoms with E-state index in [9.17, 15) is 0 Å². The van der Waals surface area contributed by atoms with Gasteiger partial charge in [-0.25, -0.2) is 0 Å². The van der Waals surface area contributed by atoms with Crippen molar-refractivity contribution in [1.29, 1.82) is 0 Å². The van der Waals surface area contributed by atoms with Gasteiger partial charge in [0, 0.05) is 0 Å². The van der Waals surface area contributed by atoms with Crippen molar-refractivity contribution in [2.75, 3.05) is 12.8 Å². The van der Waals surface area contributed by atoms with Gasteiger partial charge in [0.25, 0.3) is 0 Å². The summed E-state index contributed by atoms with van der Waals surface area (Å²) in [6, 6.07) is 5.98. The zero-order valence-corrected chi connectivity index (χ0v) is 9.42. The Morgan fingerprint density at radius 3 is 2.43 bits per heavy atom. The molecule has 0 saturated carbocycles. The summed E-state index contributed by atoms with van der Waals surface area (Å²) >= 11 is 0. The lowest BCUT2D eigenvalue weighted by atomic mass is 9.88. The molecule has 0 bridgehead atoms. The predicted octanol–water partition coefficient (Wildman–Crippen LogP) is 2.87. The summed E-state index contributed by atoms with van der Waals surface area (Å²) in [4.78, 5) is 0. The van der Waals surface area contributed by atoms with E-state index < -0.39 is 0 Å². The normalized spacial score (nSPS) is 11.4. The van der Waals surface area contributed by atoms with Crippen LogP contribution in [0.2, 0.25) is 0 Å². The van der Waals surface area contributed by atoms with Gasteiger partial charge in [-0.15, -0.1) is 0 Å². The molecule has 0 fully saturated rings. The van der Waals surface area contributed by atoms with Crippen molar-refractivity contribution in [3.63, 3.8) is 0 Å². The fourth-order valence-corrected chi connectivity index (χ4v) is 1.48. The van der Waals surface area contributed by atoms with Crippen molar-refractivity contribution >= 4 is 5.69 Å². The Morgan fingerprint density at radius 1 is 1.29 bits per heavy atom. The smallest absolute Gasteiger partial charge is 0.142 e. The van der Waals surface area contributed by atoms with Crippen LogP contribution in [0.5, 0.6) is 5.75 Å². The largest absolute Gasteiger partial charge is 0.495 e. The summed E-state index contributed by atoms with van der Waals surface area (Å²) in [5.41, 5.74) is 8.00. The van der Waals surface area contributed by atoms with Crippen LogP contribution in [0.1, 0.15) is 26.3 Å². The van der Waals surface area contributed by atoms with Gasteiger partial charge in [0.1, 0.15) is 5.75 Å². The average molecular weight is 193 g/mol. The monoisotopic (exact) mass is 193 g/mol. The molecule has 14 heavy (non-hydrogen) atoms. The van der Waals surface area contributed by atoms with E-state index in [1.807, 2.05) is 12.1 Å². The van der Waals surface area contributed by atoms with Gasteiger partial charge in [0.2, 0.25) is 0 Å². The molecule has 0 heterocycles. The molecule has 0 aromatic heterocycles. The maximum atomic E-state index is 5.74. The number of methoxy groups -OCH3 is 1. The molecule has 2 heteroatoms. The third-order valence-corrected chi connectivity index (χ3v) is 2.03. The third-order valence-electron chi connectivity index (χ3n) is 2.03. The van der Waals surface area contributed by atoms with Crippen molar-refractivity contribution in [2.45, 2.75) is 27.2 Å². The lowest BCUT2D eigenvalue weighted by molar-refractivity contribution is 0.403. The standard InChI is InChI=1S/C12H19NO/c1-12(2,3)8-9-5-6-10(13)11(7-9)14-4/h5-7H,8,13H2,1-4H3. The molecule has 0 aliphatic heterocycles. The van der Waals surface area contributed by atoms with Crippen LogP contribution in [-0.2, 0) is 6.42 Å². The van der Waals surface area contributed by atoms with Crippen LogP contribution in [0.25, 0.3) is 0 Å². The number of hydrogen-bond acceptors (Lipinski definition) is 2. The van der Waals surface area contributed by atoms with Crippen LogP contribution < -0.4 is 10.5 Å². The molecule has 2 nitrogen and oxygen atoms in total. The minimum absolute atomic E-state index is 0.293. The molecule has 78 valence electrons. The summed E-state index contributed by atoms with van der Waals surface area (Å²) in [5.74, 6) is 0.770. The molecule has 0 aliphatic rings. The van der Waals surface area contributed by atoms with E-state index in [1.54, 1.807) is 7.11 Å². The van der Waals surface area contributed by atoms with Gasteiger partial charge in [-0.2, -0.15) is 0 Å². The minimum Gasteiger partial charge on any atom is -0.495 e. The Kier molecular flexibility index (Phi) is 3.04. The minimum atomic E-state index is 0.293. The number of hydrogen-bond donors (Lipinski definition) is 1. The van der Waals surface area contributed by atoms with Gasteiger partial charge in [-0.05, 0) is 29.5 Å². The maximum Gasteiger partial charge on any atom is 0.142 e. The number of nitrogen functional groups attached to an aromatic ring is 1. The van der Waals surface area contributed by atoms with E-state index >= 15 is 0 Å². The van der Waals surface area contributed by atoms with Crippen LogP contribution >= 0.6 is 0 Å². The summed E-state index contributed by atoms with van der Waals surface area (Å²) in [6.45, 7) is 6.65. The molecule has 0 amide bonds. The van der Waals surface area contributed by atoms with Crippen LogP contribution in [0.15, 0.2) is 18.2 Å². The molecule has 1 aromatic carbocycles. The Morgan fingerprint density at radius 2 is 1.93 bits per heavy atom. The van der Waals surface area contributed by atoms with E-state index in [0.29, 0.717) is 11.1 Å². The molecule has 0 radical (unpaired) electrons. The van der Waals surface area contributed by atoms with Gasteiger partial charge in [-0.3, -0.25) is 0 Å². The summed E-state index contributed by atoms with van der Waals surface area (Å²) in [7, 11) is 1.65. The second-order valence-electron chi connectivity index (χ2n) is 4.81. The van der Waals surface area contributed by atoms with Crippen molar-refractivity contribution in [2.24, 2.45) is 5.41 Å². The van der Waals surface area contributed by atoms with E-state index in [-0.39, 0.29) is 0 Å². The molecule has 0 atom stereocenters. The highest BCUT2D eigenvalue weighted by molar-refractivity contribution is 5.53. The van der Waals surface area contributed by atoms with Crippen molar-refractivity contribution < 1.29 is 4.74 Å². The van der Waals surface area contributed by atoms with E-state index in [2.05, 4.69) is 26.8 Å². The first-order valence-corrected chi connectivity index (χ1v) is 4.85. The molecular weight excluding hydrogens is 174 g/mol. The second-order valence-corrected chi connectivity index (χ2v) is 4.81. The molecule has 1 rings (SSSR count). The van der Waals surface area contributed by atoms with Crippen LogP contribution in [0.4, 0.5) is 5.69 Å². The van der Waals surface area contributed by atoms with Crippen molar-refractivity contribution in [3.05, 3.63) is 23.8 Å². The predicted molar refractivity (Wildman–Crippen MR) is 60.6 cm³/mol.